The number of hydrogen-bond donors (Lipinski definition) is 2. The molecule has 8 nitrogen and oxygen atoms in total. The van der Waals surface area contributed by atoms with Gasteiger partial charge >= 0.3 is 0 Å². The van der Waals surface area contributed by atoms with Crippen LogP contribution in [0.2, 0.25) is 0 Å². The second-order valence-electron chi connectivity index (χ2n) is 8.32. The molecule has 0 aliphatic carbocycles. The molecule has 4 aromatic heterocycles. The maximum Gasteiger partial charge on any atom is 0.260 e. The van der Waals surface area contributed by atoms with Crippen molar-refractivity contribution in [2.24, 2.45) is 0 Å². The van der Waals surface area contributed by atoms with Gasteiger partial charge in [-0.2, -0.15) is 0 Å². The molecule has 0 saturated heterocycles. The van der Waals surface area contributed by atoms with Crippen molar-refractivity contribution >= 4 is 21.6 Å². The van der Waals surface area contributed by atoms with E-state index in [0.29, 0.717) is 45.2 Å². The average molecular weight is 510 g/mol. The zero-order chi connectivity index (χ0) is 24.9. The van der Waals surface area contributed by atoms with E-state index in [0.717, 1.165) is 0 Å². The third kappa shape index (κ3) is 5.63. The molecule has 0 amide bonds. The van der Waals surface area contributed by atoms with Crippen LogP contribution in [0.25, 0.3) is 21.3 Å². The van der Waals surface area contributed by atoms with E-state index in [1.54, 1.807) is 54.3 Å². The first-order valence-electron chi connectivity index (χ1n) is 11.3. The van der Waals surface area contributed by atoms with E-state index in [9.17, 15) is 14.3 Å². The number of aromatic nitrogens is 2. The number of nitrogens with one attached hydrogen (secondary N) is 1. The molecule has 5 rings (SSSR count). The van der Waals surface area contributed by atoms with E-state index in [-0.39, 0.29) is 31.9 Å². The minimum Gasteiger partial charge on any atom is -0.468 e. The minimum atomic E-state index is -0.792. The van der Waals surface area contributed by atoms with Gasteiger partial charge in [-0.1, -0.05) is 18.2 Å². The molecule has 1 aromatic carbocycles. The molecule has 36 heavy (non-hydrogen) atoms. The number of aliphatic hydroxyl groups is 1. The van der Waals surface area contributed by atoms with Crippen LogP contribution in [0.15, 0.2) is 80.1 Å². The number of aliphatic hydroxyl groups excluding tert-OH is 1. The highest BCUT2D eigenvalue weighted by Crippen LogP contribution is 2.32. The van der Waals surface area contributed by atoms with Crippen molar-refractivity contribution in [1.29, 1.82) is 0 Å². The normalized spacial score (nSPS) is 12.5. The van der Waals surface area contributed by atoms with Crippen LogP contribution in [-0.2, 0) is 24.4 Å². The average Bonchev–Trinajstić information content (AvgIpc) is 3.62. The Bertz CT molecular complexity index is 1460. The second kappa shape index (κ2) is 11.0. The summed E-state index contributed by atoms with van der Waals surface area (Å²) < 4.78 is 30.6. The number of rotatable bonds is 11. The van der Waals surface area contributed by atoms with Gasteiger partial charge in [-0.05, 0) is 30.3 Å². The van der Waals surface area contributed by atoms with E-state index >= 15 is 0 Å². The fraction of sp³-hybridized carbons (Fsp3) is 0.231. The van der Waals surface area contributed by atoms with Crippen LogP contribution in [0.5, 0.6) is 0 Å². The molecule has 0 aliphatic heterocycles. The van der Waals surface area contributed by atoms with Crippen LogP contribution in [0.4, 0.5) is 4.39 Å². The van der Waals surface area contributed by atoms with Crippen LogP contribution in [0.3, 0.4) is 0 Å². The van der Waals surface area contributed by atoms with Gasteiger partial charge in [0.2, 0.25) is 0 Å². The van der Waals surface area contributed by atoms with E-state index in [2.05, 4.69) is 9.97 Å². The Morgan fingerprint density at radius 1 is 1.06 bits per heavy atom. The summed E-state index contributed by atoms with van der Waals surface area (Å²) in [6, 6.07) is 13.6. The van der Waals surface area contributed by atoms with Crippen LogP contribution in [0.1, 0.15) is 17.3 Å². The Kier molecular flexibility index (Phi) is 7.38. The monoisotopic (exact) mass is 509 g/mol. The summed E-state index contributed by atoms with van der Waals surface area (Å²) in [4.78, 5) is 22.9. The summed E-state index contributed by atoms with van der Waals surface area (Å²) >= 11 is 1.29. The maximum atomic E-state index is 14.4. The van der Waals surface area contributed by atoms with Gasteiger partial charge in [0.25, 0.3) is 5.56 Å². The molecular weight excluding hydrogens is 485 g/mol. The van der Waals surface area contributed by atoms with Crippen molar-refractivity contribution in [2.45, 2.75) is 25.8 Å². The van der Waals surface area contributed by atoms with Crippen molar-refractivity contribution in [3.8, 4) is 11.1 Å². The Hall–Kier alpha value is -3.57. The lowest BCUT2D eigenvalue weighted by molar-refractivity contribution is 0.00125. The van der Waals surface area contributed by atoms with Gasteiger partial charge in [-0.15, -0.1) is 11.3 Å². The van der Waals surface area contributed by atoms with Crippen molar-refractivity contribution in [2.75, 3.05) is 13.2 Å². The Morgan fingerprint density at radius 3 is 2.58 bits per heavy atom. The molecule has 0 saturated carbocycles. The van der Waals surface area contributed by atoms with Crippen LogP contribution >= 0.6 is 11.3 Å². The highest BCUT2D eigenvalue weighted by atomic mass is 32.1. The second-order valence-corrected chi connectivity index (χ2v) is 9.18. The minimum absolute atomic E-state index is 0.106. The molecule has 0 radical (unpaired) electrons. The molecule has 0 bridgehead atoms. The molecule has 5 aromatic rings. The lowest BCUT2D eigenvalue weighted by Gasteiger charge is -2.23. The highest BCUT2D eigenvalue weighted by molar-refractivity contribution is 7.17. The molecule has 186 valence electrons. The molecule has 4 heterocycles. The van der Waals surface area contributed by atoms with Gasteiger partial charge < -0.3 is 23.7 Å². The number of furan rings is 2. The fourth-order valence-corrected chi connectivity index (χ4v) is 4.96. The number of thiophene rings is 1. The number of fused-ring (bicyclic) bond motifs is 1. The van der Waals surface area contributed by atoms with Crippen molar-refractivity contribution < 1.29 is 23.1 Å². The van der Waals surface area contributed by atoms with Crippen molar-refractivity contribution in [3.05, 3.63) is 100.0 Å². The number of H-pyrrole nitrogens is 1. The molecule has 2 N–H and O–H groups in total. The van der Waals surface area contributed by atoms with Crippen LogP contribution < -0.4 is 5.56 Å². The smallest absolute Gasteiger partial charge is 0.260 e. The van der Waals surface area contributed by atoms with Gasteiger partial charge in [0.05, 0.1) is 43.7 Å². The van der Waals surface area contributed by atoms with E-state index < -0.39 is 11.9 Å². The molecular formula is C26H24FN3O5S. The van der Waals surface area contributed by atoms with Gasteiger partial charge in [-0.25, -0.2) is 9.37 Å². The quantitative estimate of drug-likeness (QED) is 0.269. The van der Waals surface area contributed by atoms with E-state index in [4.69, 9.17) is 13.6 Å². The molecule has 1 atom stereocenters. The van der Waals surface area contributed by atoms with Gasteiger partial charge in [-0.3, -0.25) is 9.69 Å². The third-order valence-corrected chi connectivity index (χ3v) is 6.47. The van der Waals surface area contributed by atoms with Crippen LogP contribution in [-0.4, -0.2) is 39.2 Å². The zero-order valence-electron chi connectivity index (χ0n) is 19.2. The van der Waals surface area contributed by atoms with Gasteiger partial charge in [0, 0.05) is 23.1 Å². The van der Waals surface area contributed by atoms with Crippen molar-refractivity contribution in [1.82, 2.24) is 14.9 Å². The standard InChI is InChI=1S/C26H24FN3O5S/c27-22-8-2-1-7-20(22)21-16-36-26-24(21)25(32)28-23(29-26)13-30(12-18-5-3-9-34-18)11-17(31)14-33-15-19-6-4-10-35-19/h1-10,16-17,31H,11-15H2,(H,28,29,32). The number of nitrogens with zero attached hydrogens (tertiary/aromatic N) is 2. The summed E-state index contributed by atoms with van der Waals surface area (Å²) in [6.07, 6.45) is 2.36. The van der Waals surface area contributed by atoms with Gasteiger partial charge in [0.15, 0.2) is 0 Å². The zero-order valence-corrected chi connectivity index (χ0v) is 20.0. The lowest BCUT2D eigenvalue weighted by atomic mass is 10.1. The maximum absolute atomic E-state index is 14.4. The molecule has 0 spiro atoms. The predicted molar refractivity (Wildman–Crippen MR) is 133 cm³/mol. The highest BCUT2D eigenvalue weighted by Gasteiger charge is 2.19. The molecule has 0 aliphatic rings. The summed E-state index contributed by atoms with van der Waals surface area (Å²) in [7, 11) is 0. The van der Waals surface area contributed by atoms with E-state index in [1.165, 1.54) is 17.4 Å². The first kappa shape index (κ1) is 24.1. The summed E-state index contributed by atoms with van der Waals surface area (Å²) in [6.45, 7) is 1.28. The van der Waals surface area contributed by atoms with Crippen LogP contribution in [0, 0.1) is 5.82 Å². The first-order valence-corrected chi connectivity index (χ1v) is 12.2. The molecule has 0 fully saturated rings. The fourth-order valence-electron chi connectivity index (χ4n) is 4.01. The largest absolute Gasteiger partial charge is 0.468 e. The number of halogens is 1. The number of ether oxygens (including phenoxy) is 1. The Labute approximate surface area is 209 Å². The van der Waals surface area contributed by atoms with Crippen molar-refractivity contribution in [3.63, 3.8) is 0 Å². The number of benzene rings is 1. The Balaban J connectivity index is 1.33. The molecule has 10 heteroatoms. The van der Waals surface area contributed by atoms with Gasteiger partial charge in [0.1, 0.15) is 34.6 Å². The SMILES string of the molecule is O=c1[nH]c(CN(Cc2ccco2)CC(O)COCc2ccco2)nc2scc(-c3ccccc3F)c12. The number of aromatic amines is 1. The number of hydrogen-bond acceptors (Lipinski definition) is 8. The first-order chi connectivity index (χ1) is 17.6. The topological polar surface area (TPSA) is 105 Å². The Morgan fingerprint density at radius 2 is 1.83 bits per heavy atom. The molecule has 1 unspecified atom stereocenters. The summed E-state index contributed by atoms with van der Waals surface area (Å²) in [5.41, 5.74) is 0.542. The summed E-state index contributed by atoms with van der Waals surface area (Å²) in [5.74, 6) is 1.42. The summed E-state index contributed by atoms with van der Waals surface area (Å²) in [5, 5.41) is 12.7. The lowest BCUT2D eigenvalue weighted by Crippen LogP contribution is -2.35. The third-order valence-electron chi connectivity index (χ3n) is 5.59. The predicted octanol–water partition coefficient (Wildman–Crippen LogP) is 4.56. The van der Waals surface area contributed by atoms with E-state index in [1.807, 2.05) is 11.0 Å².